The second-order valence-electron chi connectivity index (χ2n) is 8.50. The summed E-state index contributed by atoms with van der Waals surface area (Å²) in [4.78, 5) is 0. The van der Waals surface area contributed by atoms with E-state index in [2.05, 4.69) is 6.92 Å². The number of hydrogen-bond acceptors (Lipinski definition) is 2. The highest BCUT2D eigenvalue weighted by Gasteiger charge is 2.35. The third kappa shape index (κ3) is 5.50. The van der Waals surface area contributed by atoms with E-state index in [9.17, 15) is 8.78 Å². The van der Waals surface area contributed by atoms with Crippen molar-refractivity contribution in [3.05, 3.63) is 12.2 Å². The van der Waals surface area contributed by atoms with Crippen LogP contribution in [0.3, 0.4) is 0 Å². The van der Waals surface area contributed by atoms with E-state index >= 15 is 0 Å². The van der Waals surface area contributed by atoms with E-state index < -0.39 is 12.4 Å². The van der Waals surface area contributed by atoms with Gasteiger partial charge in [0.2, 0.25) is 0 Å². The molecule has 0 N–H and O–H groups in total. The Labute approximate surface area is 151 Å². The Kier molecular flexibility index (Phi) is 7.29. The molecule has 144 valence electrons. The van der Waals surface area contributed by atoms with Crippen LogP contribution in [0.1, 0.15) is 71.1 Å². The van der Waals surface area contributed by atoms with E-state index in [-0.39, 0.29) is 0 Å². The van der Waals surface area contributed by atoms with Crippen LogP contribution in [0, 0.1) is 29.6 Å². The molecule has 1 aliphatic heterocycles. The zero-order valence-corrected chi connectivity index (χ0v) is 15.6. The van der Waals surface area contributed by atoms with Crippen LogP contribution in [-0.4, -0.2) is 19.5 Å². The predicted molar refractivity (Wildman–Crippen MR) is 95.3 cm³/mol. The maximum atomic E-state index is 12.3. The summed E-state index contributed by atoms with van der Waals surface area (Å²) < 4.78 is 35.4. The Morgan fingerprint density at radius 3 is 1.76 bits per heavy atom. The molecule has 0 aromatic carbocycles. The van der Waals surface area contributed by atoms with E-state index in [0.29, 0.717) is 25.0 Å². The van der Waals surface area contributed by atoms with Crippen molar-refractivity contribution >= 4 is 0 Å². The average molecular weight is 356 g/mol. The first-order valence-electron chi connectivity index (χ1n) is 10.4. The van der Waals surface area contributed by atoms with E-state index in [4.69, 9.17) is 9.47 Å². The van der Waals surface area contributed by atoms with Gasteiger partial charge in [0, 0.05) is 12.0 Å². The zero-order valence-electron chi connectivity index (χ0n) is 15.6. The van der Waals surface area contributed by atoms with Gasteiger partial charge in [-0.15, -0.1) is 0 Å². The lowest BCUT2D eigenvalue weighted by Gasteiger charge is -2.41. The minimum Gasteiger partial charge on any atom is -0.348 e. The van der Waals surface area contributed by atoms with E-state index in [1.54, 1.807) is 0 Å². The first-order valence-corrected chi connectivity index (χ1v) is 10.4. The van der Waals surface area contributed by atoms with Crippen LogP contribution in [0.15, 0.2) is 12.2 Å². The summed E-state index contributed by atoms with van der Waals surface area (Å²) in [5, 5.41) is 0. The predicted octanol–water partition coefficient (Wildman–Crippen LogP) is 6.17. The Morgan fingerprint density at radius 1 is 0.800 bits per heavy atom. The number of ether oxygens (including phenoxy) is 2. The van der Waals surface area contributed by atoms with Gasteiger partial charge in [-0.05, 0) is 62.2 Å². The van der Waals surface area contributed by atoms with Crippen LogP contribution in [-0.2, 0) is 9.47 Å². The molecule has 1 heterocycles. The molecule has 0 aromatic rings. The quantitative estimate of drug-likeness (QED) is 0.586. The van der Waals surface area contributed by atoms with Gasteiger partial charge in [-0.1, -0.05) is 32.6 Å². The molecule has 3 aliphatic rings. The van der Waals surface area contributed by atoms with Crippen molar-refractivity contribution in [3.63, 3.8) is 0 Å². The summed E-state index contributed by atoms with van der Waals surface area (Å²) in [6.07, 6.45) is 11.9. The maximum Gasteiger partial charge on any atom is 0.271 e. The zero-order chi connectivity index (χ0) is 17.6. The standard InChI is InChI=1S/C21H34F2O2/c1-2-3-15-4-6-16(7-5-15)17-8-10-18(11-9-17)19-13-24-21(25-14-19)12-20(22)23/h12,15-19,21H,2-11,13-14H2,1H3. The molecule has 0 aromatic heterocycles. The lowest BCUT2D eigenvalue weighted by molar-refractivity contribution is -0.187. The Balaban J connectivity index is 1.37. The van der Waals surface area contributed by atoms with Crippen molar-refractivity contribution in [2.75, 3.05) is 13.2 Å². The molecule has 0 spiro atoms. The second-order valence-corrected chi connectivity index (χ2v) is 8.50. The van der Waals surface area contributed by atoms with Crippen LogP contribution < -0.4 is 0 Å². The molecule has 3 rings (SSSR count). The van der Waals surface area contributed by atoms with Crippen LogP contribution in [0.4, 0.5) is 8.78 Å². The molecule has 0 radical (unpaired) electrons. The molecule has 0 atom stereocenters. The largest absolute Gasteiger partial charge is 0.348 e. The fourth-order valence-electron chi connectivity index (χ4n) is 5.45. The van der Waals surface area contributed by atoms with Crippen LogP contribution in [0.25, 0.3) is 0 Å². The molecule has 2 saturated carbocycles. The molecule has 25 heavy (non-hydrogen) atoms. The molecular weight excluding hydrogens is 322 g/mol. The molecule has 1 saturated heterocycles. The lowest BCUT2D eigenvalue weighted by Crippen LogP contribution is -2.37. The maximum absolute atomic E-state index is 12.3. The topological polar surface area (TPSA) is 18.5 Å². The summed E-state index contributed by atoms with van der Waals surface area (Å²) in [6.45, 7) is 3.43. The highest BCUT2D eigenvalue weighted by Crippen LogP contribution is 2.44. The number of halogens is 2. The SMILES string of the molecule is CCCC1CCC(C2CCC(C3COC(C=C(F)F)OC3)CC2)CC1. The van der Waals surface area contributed by atoms with Crippen molar-refractivity contribution in [1.29, 1.82) is 0 Å². The second kappa shape index (κ2) is 9.45. The van der Waals surface area contributed by atoms with Gasteiger partial charge in [-0.2, -0.15) is 8.78 Å². The van der Waals surface area contributed by atoms with Crippen molar-refractivity contribution in [1.82, 2.24) is 0 Å². The van der Waals surface area contributed by atoms with Crippen molar-refractivity contribution in [2.24, 2.45) is 29.6 Å². The fraction of sp³-hybridized carbons (Fsp3) is 0.905. The van der Waals surface area contributed by atoms with Gasteiger partial charge in [0.25, 0.3) is 6.08 Å². The Hall–Kier alpha value is -0.480. The first kappa shape index (κ1) is 19.3. The van der Waals surface area contributed by atoms with Crippen molar-refractivity contribution in [3.8, 4) is 0 Å². The smallest absolute Gasteiger partial charge is 0.271 e. The highest BCUT2D eigenvalue weighted by atomic mass is 19.3. The summed E-state index contributed by atoms with van der Waals surface area (Å²) in [5.74, 6) is 3.89. The molecule has 4 heteroatoms. The molecule has 0 amide bonds. The minimum absolute atomic E-state index is 0.383. The van der Waals surface area contributed by atoms with Gasteiger partial charge in [0.15, 0.2) is 6.29 Å². The highest BCUT2D eigenvalue weighted by molar-refractivity contribution is 4.88. The molecule has 2 nitrogen and oxygen atoms in total. The molecule has 2 aliphatic carbocycles. The van der Waals surface area contributed by atoms with Crippen LogP contribution in [0.2, 0.25) is 0 Å². The van der Waals surface area contributed by atoms with Gasteiger partial charge >= 0.3 is 0 Å². The third-order valence-corrected chi connectivity index (χ3v) is 6.95. The van der Waals surface area contributed by atoms with E-state index in [1.165, 1.54) is 64.2 Å². The van der Waals surface area contributed by atoms with Crippen LogP contribution >= 0.6 is 0 Å². The number of rotatable bonds is 5. The van der Waals surface area contributed by atoms with Gasteiger partial charge in [-0.3, -0.25) is 0 Å². The van der Waals surface area contributed by atoms with E-state index in [1.807, 2.05) is 0 Å². The Morgan fingerprint density at radius 2 is 1.28 bits per heavy atom. The summed E-state index contributed by atoms with van der Waals surface area (Å²) >= 11 is 0. The monoisotopic (exact) mass is 356 g/mol. The molecule has 0 bridgehead atoms. The Bertz CT molecular complexity index is 412. The van der Waals surface area contributed by atoms with Gasteiger partial charge < -0.3 is 9.47 Å². The first-order chi connectivity index (χ1) is 12.2. The van der Waals surface area contributed by atoms with Crippen LogP contribution in [0.5, 0.6) is 0 Å². The van der Waals surface area contributed by atoms with Gasteiger partial charge in [0.1, 0.15) is 0 Å². The van der Waals surface area contributed by atoms with E-state index in [0.717, 1.165) is 23.8 Å². The molecular formula is C21H34F2O2. The minimum atomic E-state index is -1.72. The molecule has 0 unspecified atom stereocenters. The fourth-order valence-corrected chi connectivity index (χ4v) is 5.45. The van der Waals surface area contributed by atoms with Crippen molar-refractivity contribution < 1.29 is 18.3 Å². The number of hydrogen-bond donors (Lipinski definition) is 0. The van der Waals surface area contributed by atoms with Crippen molar-refractivity contribution in [2.45, 2.75) is 77.4 Å². The summed E-state index contributed by atoms with van der Waals surface area (Å²) in [5.41, 5.74) is 0. The normalized spacial score (nSPS) is 39.8. The van der Waals surface area contributed by atoms with Gasteiger partial charge in [-0.25, -0.2) is 0 Å². The summed E-state index contributed by atoms with van der Waals surface area (Å²) in [6, 6.07) is 0. The summed E-state index contributed by atoms with van der Waals surface area (Å²) in [7, 11) is 0. The lowest BCUT2D eigenvalue weighted by atomic mass is 9.67. The van der Waals surface area contributed by atoms with Gasteiger partial charge in [0.05, 0.1) is 13.2 Å². The molecule has 3 fully saturated rings. The average Bonchev–Trinajstić information content (AvgIpc) is 2.63. The third-order valence-electron chi connectivity index (χ3n) is 6.95.